The van der Waals surface area contributed by atoms with Crippen LogP contribution < -0.4 is 5.01 Å². The largest absolute Gasteiger partial charge is 0.451 e. The number of aromatic amines is 1. The van der Waals surface area contributed by atoms with Crippen molar-refractivity contribution >= 4 is 23.8 Å². The molecule has 0 aliphatic heterocycles. The van der Waals surface area contributed by atoms with Crippen molar-refractivity contribution < 1.29 is 27.5 Å². The number of anilines is 1. The Kier molecular flexibility index (Phi) is 6.26. The molecule has 1 aromatic heterocycles. The minimum Gasteiger partial charge on any atom is -0.451 e. The Labute approximate surface area is 168 Å². The zero-order valence-corrected chi connectivity index (χ0v) is 15.3. The Hall–Kier alpha value is -3.95. The second-order valence-corrected chi connectivity index (χ2v) is 5.96. The molecule has 0 radical (unpaired) electrons. The molecule has 1 amide bonds. The number of nitrogens with zero attached hydrogens (tertiary/aromatic N) is 3. The van der Waals surface area contributed by atoms with Crippen LogP contribution in [0.25, 0.3) is 0 Å². The third-order valence-corrected chi connectivity index (χ3v) is 3.82. The van der Waals surface area contributed by atoms with Gasteiger partial charge in [0.2, 0.25) is 0 Å². The quantitative estimate of drug-likeness (QED) is 0.378. The number of alkyl halides is 3. The molecule has 0 atom stereocenters. The molecule has 0 aliphatic rings. The Balaban J connectivity index is 1.84. The number of carbonyl (C=O) groups is 2. The van der Waals surface area contributed by atoms with Crippen LogP contribution in [0.5, 0.6) is 0 Å². The van der Waals surface area contributed by atoms with Gasteiger partial charge in [0.25, 0.3) is 5.91 Å². The number of aromatic nitrogens is 2. The smallest absolute Gasteiger partial charge is 0.416 e. The molecule has 0 aliphatic carbocycles. The number of hydrazone groups is 1. The SMILES string of the molecule is O=C(OCC(=O)N(/N=C/c1ccccc1)c1cccc(C(F)(F)F)c1)c1ccn[nH]1. The number of amides is 1. The summed E-state index contributed by atoms with van der Waals surface area (Å²) < 4.78 is 44.1. The lowest BCUT2D eigenvalue weighted by atomic mass is 10.2. The monoisotopic (exact) mass is 416 g/mol. The number of nitrogens with one attached hydrogen (secondary N) is 1. The van der Waals surface area contributed by atoms with Crippen molar-refractivity contribution in [3.63, 3.8) is 0 Å². The van der Waals surface area contributed by atoms with Crippen LogP contribution in [0.2, 0.25) is 0 Å². The molecule has 0 spiro atoms. The first kappa shape index (κ1) is 20.8. The highest BCUT2D eigenvalue weighted by Gasteiger charge is 2.31. The van der Waals surface area contributed by atoms with Gasteiger partial charge in [-0.2, -0.15) is 28.4 Å². The molecule has 3 rings (SSSR count). The van der Waals surface area contributed by atoms with Gasteiger partial charge in [0.05, 0.1) is 17.5 Å². The molecule has 7 nitrogen and oxygen atoms in total. The lowest BCUT2D eigenvalue weighted by Gasteiger charge is -2.18. The summed E-state index contributed by atoms with van der Waals surface area (Å²) in [5, 5.41) is 10.7. The van der Waals surface area contributed by atoms with Crippen molar-refractivity contribution in [2.75, 3.05) is 11.6 Å². The van der Waals surface area contributed by atoms with Crippen molar-refractivity contribution in [3.8, 4) is 0 Å². The van der Waals surface area contributed by atoms with Crippen LogP contribution in [0.4, 0.5) is 18.9 Å². The van der Waals surface area contributed by atoms with Crippen molar-refractivity contribution in [1.29, 1.82) is 0 Å². The van der Waals surface area contributed by atoms with Gasteiger partial charge in [0.15, 0.2) is 6.61 Å². The van der Waals surface area contributed by atoms with E-state index in [1.807, 2.05) is 0 Å². The molecule has 2 aromatic carbocycles. The second kappa shape index (κ2) is 9.03. The van der Waals surface area contributed by atoms with Crippen LogP contribution in [-0.4, -0.2) is 34.9 Å². The maximum atomic E-state index is 13.1. The Morgan fingerprint density at radius 2 is 1.87 bits per heavy atom. The summed E-state index contributed by atoms with van der Waals surface area (Å²) in [7, 11) is 0. The molecule has 0 saturated heterocycles. The van der Waals surface area contributed by atoms with Gasteiger partial charge in [0.1, 0.15) is 5.69 Å². The average molecular weight is 416 g/mol. The number of esters is 1. The van der Waals surface area contributed by atoms with Crippen molar-refractivity contribution in [2.45, 2.75) is 6.18 Å². The summed E-state index contributed by atoms with van der Waals surface area (Å²) in [4.78, 5) is 24.5. The summed E-state index contributed by atoms with van der Waals surface area (Å²) in [6, 6.07) is 14.1. The first-order valence-corrected chi connectivity index (χ1v) is 8.60. The Morgan fingerprint density at radius 3 is 2.53 bits per heavy atom. The van der Waals surface area contributed by atoms with E-state index in [0.29, 0.717) is 5.56 Å². The minimum absolute atomic E-state index is 0.0289. The molecule has 1 heterocycles. The van der Waals surface area contributed by atoms with Gasteiger partial charge in [-0.3, -0.25) is 9.89 Å². The third kappa shape index (κ3) is 5.31. The molecular formula is C20H15F3N4O3. The van der Waals surface area contributed by atoms with E-state index in [4.69, 9.17) is 4.74 Å². The predicted molar refractivity (Wildman–Crippen MR) is 102 cm³/mol. The summed E-state index contributed by atoms with van der Waals surface area (Å²) in [6.45, 7) is -0.736. The molecule has 30 heavy (non-hydrogen) atoms. The molecule has 1 N–H and O–H groups in total. The number of ether oxygens (including phenoxy) is 1. The summed E-state index contributed by atoms with van der Waals surface area (Å²) in [5.41, 5.74) is -0.417. The first-order chi connectivity index (χ1) is 14.3. The number of H-pyrrole nitrogens is 1. The van der Waals surface area contributed by atoms with Crippen molar-refractivity contribution in [2.24, 2.45) is 5.10 Å². The molecule has 3 aromatic rings. The van der Waals surface area contributed by atoms with Crippen LogP contribution in [-0.2, 0) is 15.7 Å². The summed E-state index contributed by atoms with van der Waals surface area (Å²) in [5.74, 6) is -1.67. The highest BCUT2D eigenvalue weighted by Crippen LogP contribution is 2.31. The number of rotatable bonds is 6. The van der Waals surface area contributed by atoms with E-state index in [9.17, 15) is 22.8 Å². The standard InChI is InChI=1S/C20H15F3N4O3/c21-20(22,23)15-7-4-8-16(11-15)27(25-12-14-5-2-1-3-6-14)18(28)13-30-19(29)17-9-10-24-26-17/h1-12H,13H2,(H,24,26)/b25-12+. The van der Waals surface area contributed by atoms with E-state index in [-0.39, 0.29) is 11.4 Å². The van der Waals surface area contributed by atoms with Crippen LogP contribution >= 0.6 is 0 Å². The van der Waals surface area contributed by atoms with E-state index in [1.54, 1.807) is 30.3 Å². The van der Waals surface area contributed by atoms with E-state index in [1.165, 1.54) is 24.5 Å². The zero-order chi connectivity index (χ0) is 21.6. The third-order valence-electron chi connectivity index (χ3n) is 3.82. The number of benzene rings is 2. The maximum absolute atomic E-state index is 13.1. The van der Waals surface area contributed by atoms with Gasteiger partial charge in [0, 0.05) is 6.20 Å². The van der Waals surface area contributed by atoms with E-state index >= 15 is 0 Å². The topological polar surface area (TPSA) is 87.7 Å². The van der Waals surface area contributed by atoms with Gasteiger partial charge in [-0.1, -0.05) is 36.4 Å². The second-order valence-electron chi connectivity index (χ2n) is 5.96. The van der Waals surface area contributed by atoms with Crippen LogP contribution in [0, 0.1) is 0 Å². The molecule has 0 fully saturated rings. The molecule has 0 bridgehead atoms. The van der Waals surface area contributed by atoms with Crippen LogP contribution in [0.15, 0.2) is 72.0 Å². The Morgan fingerprint density at radius 1 is 1.10 bits per heavy atom. The fourth-order valence-corrected chi connectivity index (χ4v) is 2.39. The molecule has 0 unspecified atom stereocenters. The fraction of sp³-hybridized carbons (Fsp3) is 0.100. The number of carbonyl (C=O) groups excluding carboxylic acids is 2. The molecular weight excluding hydrogens is 401 g/mol. The van der Waals surface area contributed by atoms with E-state index < -0.39 is 30.2 Å². The average Bonchev–Trinajstić information content (AvgIpc) is 3.27. The van der Waals surface area contributed by atoms with Gasteiger partial charge < -0.3 is 4.74 Å². The minimum atomic E-state index is -4.60. The molecule has 154 valence electrons. The lowest BCUT2D eigenvalue weighted by Crippen LogP contribution is -2.31. The van der Waals surface area contributed by atoms with E-state index in [0.717, 1.165) is 23.2 Å². The highest BCUT2D eigenvalue weighted by molar-refractivity contribution is 5.97. The van der Waals surface area contributed by atoms with Gasteiger partial charge >= 0.3 is 12.1 Å². The first-order valence-electron chi connectivity index (χ1n) is 8.60. The molecule has 0 saturated carbocycles. The Bertz CT molecular complexity index is 1030. The zero-order valence-electron chi connectivity index (χ0n) is 15.3. The van der Waals surface area contributed by atoms with Crippen LogP contribution in [0.1, 0.15) is 21.6 Å². The fourth-order valence-electron chi connectivity index (χ4n) is 2.39. The van der Waals surface area contributed by atoms with Crippen molar-refractivity contribution in [3.05, 3.63) is 83.7 Å². The van der Waals surface area contributed by atoms with Crippen LogP contribution in [0.3, 0.4) is 0 Å². The van der Waals surface area contributed by atoms with Gasteiger partial charge in [-0.15, -0.1) is 0 Å². The predicted octanol–water partition coefficient (Wildman–Crippen LogP) is 3.65. The van der Waals surface area contributed by atoms with Gasteiger partial charge in [-0.25, -0.2) is 4.79 Å². The normalized spacial score (nSPS) is 11.4. The summed E-state index contributed by atoms with van der Waals surface area (Å²) in [6.07, 6.45) is -1.95. The molecule has 10 heteroatoms. The van der Waals surface area contributed by atoms with Crippen molar-refractivity contribution in [1.82, 2.24) is 10.2 Å². The number of halogens is 3. The lowest BCUT2D eigenvalue weighted by molar-refractivity contribution is -0.137. The van der Waals surface area contributed by atoms with Gasteiger partial charge in [-0.05, 0) is 29.8 Å². The highest BCUT2D eigenvalue weighted by atomic mass is 19.4. The maximum Gasteiger partial charge on any atom is 0.416 e. The number of hydrogen-bond acceptors (Lipinski definition) is 5. The van der Waals surface area contributed by atoms with E-state index in [2.05, 4.69) is 15.3 Å². The number of hydrogen-bond donors (Lipinski definition) is 1. The summed E-state index contributed by atoms with van der Waals surface area (Å²) >= 11 is 0.